The summed E-state index contributed by atoms with van der Waals surface area (Å²) in [5, 5.41) is 20.5. The Balaban J connectivity index is 2.02. The zero-order valence-corrected chi connectivity index (χ0v) is 14.6. The molecule has 3 aliphatic rings. The molecule has 2 N–H and O–H groups in total. The van der Waals surface area contributed by atoms with Gasteiger partial charge in [-0.1, -0.05) is 38.0 Å². The van der Waals surface area contributed by atoms with Crippen molar-refractivity contribution in [1.82, 2.24) is 0 Å². The van der Waals surface area contributed by atoms with Crippen molar-refractivity contribution in [3.8, 4) is 0 Å². The van der Waals surface area contributed by atoms with E-state index in [9.17, 15) is 15.0 Å². The molecule has 0 radical (unpaired) electrons. The lowest BCUT2D eigenvalue weighted by Gasteiger charge is -2.59. The van der Waals surface area contributed by atoms with Gasteiger partial charge in [0.1, 0.15) is 0 Å². The van der Waals surface area contributed by atoms with Crippen LogP contribution in [0.2, 0.25) is 0 Å². The molecule has 0 saturated heterocycles. The van der Waals surface area contributed by atoms with Gasteiger partial charge in [0.15, 0.2) is 0 Å². The topological polar surface area (TPSA) is 57.5 Å². The Morgan fingerprint density at radius 2 is 2.04 bits per heavy atom. The van der Waals surface area contributed by atoms with Gasteiger partial charge >= 0.3 is 5.97 Å². The second kappa shape index (κ2) is 5.20. The lowest BCUT2D eigenvalue weighted by Crippen LogP contribution is -2.55. The van der Waals surface area contributed by atoms with E-state index >= 15 is 0 Å². The van der Waals surface area contributed by atoms with Gasteiger partial charge in [-0.05, 0) is 56.3 Å². The third-order valence-electron chi connectivity index (χ3n) is 7.54. The summed E-state index contributed by atoms with van der Waals surface area (Å²) in [5.74, 6) is -0.139. The highest BCUT2D eigenvalue weighted by molar-refractivity contribution is 5.75. The molecule has 3 aliphatic carbocycles. The Kier molecular flexibility index (Phi) is 3.79. The van der Waals surface area contributed by atoms with Gasteiger partial charge < -0.3 is 10.2 Å². The first kappa shape index (κ1) is 16.8. The standard InChI is InChI=1S/C20H30O3/c1-5-18(2)12-13-7-8-15-19(3,14(13)11-16(18)21)9-6-10-20(15,4)17(22)23/h5,12,14-16,21H,1,6-11H2,2-4H3,(H,22,23)/t14-,15+,16?,18-,19+,20+/m0/s1. The monoisotopic (exact) mass is 318 g/mol. The summed E-state index contributed by atoms with van der Waals surface area (Å²) in [7, 11) is 0. The first-order chi connectivity index (χ1) is 10.7. The highest BCUT2D eigenvalue weighted by atomic mass is 16.4. The highest BCUT2D eigenvalue weighted by Crippen LogP contribution is 2.63. The van der Waals surface area contributed by atoms with Crippen LogP contribution in [0.1, 0.15) is 59.3 Å². The Bertz CT molecular complexity index is 565. The largest absolute Gasteiger partial charge is 0.481 e. The van der Waals surface area contributed by atoms with Crippen molar-refractivity contribution >= 4 is 5.97 Å². The van der Waals surface area contributed by atoms with Gasteiger partial charge in [-0.25, -0.2) is 0 Å². The van der Waals surface area contributed by atoms with E-state index in [0.717, 1.165) is 38.5 Å². The number of carbonyl (C=O) groups is 1. The summed E-state index contributed by atoms with van der Waals surface area (Å²) in [6.45, 7) is 10.2. The maximum absolute atomic E-state index is 12.0. The van der Waals surface area contributed by atoms with E-state index in [-0.39, 0.29) is 16.7 Å². The minimum Gasteiger partial charge on any atom is -0.481 e. The fourth-order valence-electron chi connectivity index (χ4n) is 5.90. The molecule has 2 fully saturated rings. The molecule has 0 bridgehead atoms. The molecule has 0 amide bonds. The molecular weight excluding hydrogens is 288 g/mol. The molecule has 3 heteroatoms. The van der Waals surface area contributed by atoms with Gasteiger partial charge in [0.25, 0.3) is 0 Å². The molecule has 0 spiro atoms. The van der Waals surface area contributed by atoms with E-state index in [4.69, 9.17) is 0 Å². The SMILES string of the molecule is C=C[C@@]1(C)C=C2CC[C@@H]3[C@](C)(CCC[C@@]3(C)C(=O)O)[C@H]2CC1O. The van der Waals surface area contributed by atoms with Crippen LogP contribution in [-0.4, -0.2) is 22.3 Å². The lowest BCUT2D eigenvalue weighted by molar-refractivity contribution is -0.165. The number of carboxylic acids is 1. The van der Waals surface area contributed by atoms with E-state index in [2.05, 4.69) is 19.6 Å². The highest BCUT2D eigenvalue weighted by Gasteiger charge is 2.59. The van der Waals surface area contributed by atoms with E-state index < -0.39 is 17.5 Å². The molecule has 1 unspecified atom stereocenters. The minimum atomic E-state index is -0.645. The number of hydrogen-bond donors (Lipinski definition) is 2. The van der Waals surface area contributed by atoms with Crippen LogP contribution >= 0.6 is 0 Å². The Morgan fingerprint density at radius 1 is 1.35 bits per heavy atom. The van der Waals surface area contributed by atoms with Crippen molar-refractivity contribution in [3.05, 3.63) is 24.3 Å². The Morgan fingerprint density at radius 3 is 2.65 bits per heavy atom. The number of fused-ring (bicyclic) bond motifs is 3. The molecule has 23 heavy (non-hydrogen) atoms. The van der Waals surface area contributed by atoms with Crippen molar-refractivity contribution in [2.75, 3.05) is 0 Å². The van der Waals surface area contributed by atoms with Gasteiger partial charge in [0.05, 0.1) is 11.5 Å². The Labute approximate surface area is 139 Å². The van der Waals surface area contributed by atoms with Crippen LogP contribution < -0.4 is 0 Å². The summed E-state index contributed by atoms with van der Waals surface area (Å²) >= 11 is 0. The predicted octanol–water partition coefficient (Wildman–Crippen LogP) is 4.18. The zero-order chi connectivity index (χ0) is 17.0. The van der Waals surface area contributed by atoms with Crippen molar-refractivity contribution in [3.63, 3.8) is 0 Å². The normalized spacial score (nSPS) is 49.6. The van der Waals surface area contributed by atoms with E-state index in [1.54, 1.807) is 0 Å². The summed E-state index contributed by atoms with van der Waals surface area (Å²) < 4.78 is 0. The van der Waals surface area contributed by atoms with Crippen LogP contribution in [0.5, 0.6) is 0 Å². The number of allylic oxidation sites excluding steroid dienone is 1. The predicted molar refractivity (Wildman–Crippen MR) is 90.9 cm³/mol. The van der Waals surface area contributed by atoms with E-state index in [1.165, 1.54) is 5.57 Å². The second-order valence-electron chi connectivity index (χ2n) is 8.77. The molecule has 2 saturated carbocycles. The molecule has 0 heterocycles. The van der Waals surface area contributed by atoms with Crippen LogP contribution in [0.25, 0.3) is 0 Å². The number of aliphatic carboxylic acids is 1. The summed E-state index contributed by atoms with van der Waals surface area (Å²) in [6, 6.07) is 0. The Hall–Kier alpha value is -1.09. The first-order valence-corrected chi connectivity index (χ1v) is 8.94. The second-order valence-corrected chi connectivity index (χ2v) is 8.77. The molecule has 3 rings (SSSR count). The van der Waals surface area contributed by atoms with E-state index in [1.807, 2.05) is 19.9 Å². The molecule has 0 aliphatic heterocycles. The van der Waals surface area contributed by atoms with Crippen molar-refractivity contribution in [2.45, 2.75) is 65.4 Å². The van der Waals surface area contributed by atoms with E-state index in [0.29, 0.717) is 5.92 Å². The van der Waals surface area contributed by atoms with Gasteiger partial charge in [-0.15, -0.1) is 6.58 Å². The number of aliphatic hydroxyl groups excluding tert-OH is 1. The third-order valence-corrected chi connectivity index (χ3v) is 7.54. The zero-order valence-electron chi connectivity index (χ0n) is 14.6. The third kappa shape index (κ3) is 2.23. The number of aliphatic hydroxyl groups is 1. The van der Waals surface area contributed by atoms with Crippen LogP contribution in [0, 0.1) is 28.1 Å². The van der Waals surface area contributed by atoms with Crippen LogP contribution in [0.15, 0.2) is 24.3 Å². The molecule has 0 aromatic rings. The van der Waals surface area contributed by atoms with Gasteiger partial charge in [0.2, 0.25) is 0 Å². The fourth-order valence-corrected chi connectivity index (χ4v) is 5.90. The molecule has 0 aromatic carbocycles. The lowest BCUT2D eigenvalue weighted by atomic mass is 9.45. The van der Waals surface area contributed by atoms with Crippen LogP contribution in [0.3, 0.4) is 0 Å². The number of carboxylic acid groups (broad SMARTS) is 1. The average Bonchev–Trinajstić information content (AvgIpc) is 2.49. The number of rotatable bonds is 2. The first-order valence-electron chi connectivity index (χ1n) is 8.94. The molecule has 0 aromatic heterocycles. The number of hydrogen-bond acceptors (Lipinski definition) is 2. The molecule has 128 valence electrons. The smallest absolute Gasteiger partial charge is 0.309 e. The van der Waals surface area contributed by atoms with Crippen molar-refractivity contribution < 1.29 is 15.0 Å². The van der Waals surface area contributed by atoms with Gasteiger partial charge in [0, 0.05) is 5.41 Å². The maximum Gasteiger partial charge on any atom is 0.309 e. The maximum atomic E-state index is 12.0. The average molecular weight is 318 g/mol. The molecule has 6 atom stereocenters. The van der Waals surface area contributed by atoms with Crippen LogP contribution in [0.4, 0.5) is 0 Å². The fraction of sp³-hybridized carbons (Fsp3) is 0.750. The van der Waals surface area contributed by atoms with Gasteiger partial charge in [-0.3, -0.25) is 4.79 Å². The van der Waals surface area contributed by atoms with Crippen molar-refractivity contribution in [1.29, 1.82) is 0 Å². The summed E-state index contributed by atoms with van der Waals surface area (Å²) in [4.78, 5) is 12.0. The molecular formula is C20H30O3. The summed E-state index contributed by atoms with van der Waals surface area (Å²) in [6.07, 6.45) is 9.12. The minimum absolute atomic E-state index is 0.0149. The van der Waals surface area contributed by atoms with Crippen LogP contribution in [-0.2, 0) is 4.79 Å². The van der Waals surface area contributed by atoms with Crippen molar-refractivity contribution in [2.24, 2.45) is 28.1 Å². The van der Waals surface area contributed by atoms with Gasteiger partial charge in [-0.2, -0.15) is 0 Å². The molecule has 3 nitrogen and oxygen atoms in total. The summed E-state index contributed by atoms with van der Waals surface area (Å²) in [5.41, 5.74) is 0.438. The quantitative estimate of drug-likeness (QED) is 0.751.